The molecule has 1 atom stereocenters. The summed E-state index contributed by atoms with van der Waals surface area (Å²) in [6.45, 7) is 3.70. The molecule has 5 rings (SSSR count). The van der Waals surface area contributed by atoms with Gasteiger partial charge in [0.2, 0.25) is 5.91 Å². The molecule has 5 aromatic rings. The summed E-state index contributed by atoms with van der Waals surface area (Å²) in [6.07, 6.45) is 1.62. The highest BCUT2D eigenvalue weighted by molar-refractivity contribution is 8.00. The van der Waals surface area contributed by atoms with Crippen molar-refractivity contribution in [3.63, 3.8) is 0 Å². The van der Waals surface area contributed by atoms with E-state index in [1.807, 2.05) is 37.3 Å². The summed E-state index contributed by atoms with van der Waals surface area (Å²) in [7, 11) is 0. The molecule has 3 N–H and O–H groups in total. The zero-order chi connectivity index (χ0) is 33.3. The minimum absolute atomic E-state index is 0.0417. The van der Waals surface area contributed by atoms with E-state index in [4.69, 9.17) is 0 Å². The molecule has 4 aromatic carbocycles. The van der Waals surface area contributed by atoms with Gasteiger partial charge in [-0.25, -0.2) is 4.98 Å². The van der Waals surface area contributed by atoms with Crippen LogP contribution in [0.25, 0.3) is 17.3 Å². The van der Waals surface area contributed by atoms with Crippen molar-refractivity contribution in [3.8, 4) is 11.3 Å². The number of benzene rings is 4. The predicted octanol–water partition coefficient (Wildman–Crippen LogP) is 7.56. The standard InChI is InChI=1S/C35H29N5O5S2/c1-22-9-6-10-24(17-22)18-30(37-33(42)25-11-4-3-5-12-25)34(43)36-27-14-8-16-29(20-27)47-23(2)32(41)39-35-38-31(21-46-35)26-13-7-15-28(19-26)40(44)45/h3-21,23H,1-2H3,(H,36,43)(H,37,42)(H,38,39,41)/b30-18+. The summed E-state index contributed by atoms with van der Waals surface area (Å²) >= 11 is 2.52. The van der Waals surface area contributed by atoms with Crippen LogP contribution in [0.5, 0.6) is 0 Å². The monoisotopic (exact) mass is 663 g/mol. The van der Waals surface area contributed by atoms with E-state index in [9.17, 15) is 24.5 Å². The molecule has 0 fully saturated rings. The molecule has 0 saturated carbocycles. The molecule has 1 aromatic heterocycles. The maximum Gasteiger partial charge on any atom is 0.272 e. The first-order valence-corrected chi connectivity index (χ1v) is 16.1. The lowest BCUT2D eigenvalue weighted by molar-refractivity contribution is -0.384. The summed E-state index contributed by atoms with van der Waals surface area (Å²) in [5, 5.41) is 21.1. The fraction of sp³-hybridized carbons (Fsp3) is 0.0857. The van der Waals surface area contributed by atoms with Crippen molar-refractivity contribution in [1.82, 2.24) is 10.3 Å². The van der Waals surface area contributed by atoms with Crippen molar-refractivity contribution in [1.29, 1.82) is 0 Å². The number of nitrogens with zero attached hydrogens (tertiary/aromatic N) is 2. The quantitative estimate of drug-likeness (QED) is 0.0573. The Labute approximate surface area is 279 Å². The number of nitrogens with one attached hydrogen (secondary N) is 3. The third-order valence-electron chi connectivity index (χ3n) is 6.74. The van der Waals surface area contributed by atoms with Crippen LogP contribution in [0.4, 0.5) is 16.5 Å². The van der Waals surface area contributed by atoms with Crippen LogP contribution in [-0.4, -0.2) is 32.9 Å². The molecule has 0 aliphatic carbocycles. The fourth-order valence-corrected chi connectivity index (χ4v) is 6.07. The van der Waals surface area contributed by atoms with Gasteiger partial charge >= 0.3 is 0 Å². The van der Waals surface area contributed by atoms with E-state index >= 15 is 0 Å². The number of nitro benzene ring substituents is 1. The molecule has 1 heterocycles. The lowest BCUT2D eigenvalue weighted by Gasteiger charge is -2.14. The van der Waals surface area contributed by atoms with Gasteiger partial charge in [0.25, 0.3) is 17.5 Å². The van der Waals surface area contributed by atoms with Gasteiger partial charge in [0.15, 0.2) is 5.13 Å². The van der Waals surface area contributed by atoms with Gasteiger partial charge in [-0.2, -0.15) is 0 Å². The summed E-state index contributed by atoms with van der Waals surface area (Å²) in [4.78, 5) is 55.2. The molecule has 0 aliphatic rings. The Hall–Kier alpha value is -5.59. The number of carbonyl (C=O) groups excluding carboxylic acids is 3. The van der Waals surface area contributed by atoms with E-state index < -0.39 is 22.0 Å². The van der Waals surface area contributed by atoms with Gasteiger partial charge in [-0.3, -0.25) is 24.5 Å². The SMILES string of the molecule is Cc1cccc(/C=C(/NC(=O)c2ccccc2)C(=O)Nc2cccc(SC(C)C(=O)Nc3nc(-c4cccc([N+](=O)[O-])c4)cs3)c2)c1. The van der Waals surface area contributed by atoms with E-state index in [0.717, 1.165) is 16.0 Å². The average Bonchev–Trinajstić information content (AvgIpc) is 3.53. The molecule has 0 radical (unpaired) electrons. The normalized spacial score (nSPS) is 11.7. The lowest BCUT2D eigenvalue weighted by Crippen LogP contribution is -2.30. The third-order valence-corrected chi connectivity index (χ3v) is 8.59. The number of rotatable bonds is 11. The maximum atomic E-state index is 13.5. The first kappa shape index (κ1) is 32.8. The Balaban J connectivity index is 1.25. The molecule has 0 aliphatic heterocycles. The predicted molar refractivity (Wildman–Crippen MR) is 186 cm³/mol. The zero-order valence-corrected chi connectivity index (χ0v) is 26.9. The van der Waals surface area contributed by atoms with Gasteiger partial charge in [-0.1, -0.05) is 66.2 Å². The maximum absolute atomic E-state index is 13.5. The summed E-state index contributed by atoms with van der Waals surface area (Å²) in [6, 6.07) is 29.4. The first-order chi connectivity index (χ1) is 22.6. The molecule has 236 valence electrons. The highest BCUT2D eigenvalue weighted by Crippen LogP contribution is 2.30. The number of aromatic nitrogens is 1. The Morgan fingerprint density at radius 1 is 0.915 bits per heavy atom. The Morgan fingerprint density at radius 2 is 1.68 bits per heavy atom. The zero-order valence-electron chi connectivity index (χ0n) is 25.3. The molecular weight excluding hydrogens is 635 g/mol. The van der Waals surface area contributed by atoms with E-state index in [1.165, 1.54) is 35.2 Å². The van der Waals surface area contributed by atoms with Crippen LogP contribution in [0, 0.1) is 17.0 Å². The fourth-order valence-electron chi connectivity index (χ4n) is 4.42. The van der Waals surface area contributed by atoms with Crippen LogP contribution < -0.4 is 16.0 Å². The van der Waals surface area contributed by atoms with Gasteiger partial charge in [0, 0.05) is 39.2 Å². The smallest absolute Gasteiger partial charge is 0.272 e. The van der Waals surface area contributed by atoms with Crippen LogP contribution in [-0.2, 0) is 9.59 Å². The highest BCUT2D eigenvalue weighted by atomic mass is 32.2. The molecule has 10 nitrogen and oxygen atoms in total. The van der Waals surface area contributed by atoms with Gasteiger partial charge in [0.1, 0.15) is 5.70 Å². The Kier molecular flexibility index (Phi) is 10.6. The second-order valence-electron chi connectivity index (χ2n) is 10.4. The second kappa shape index (κ2) is 15.1. The van der Waals surface area contributed by atoms with Gasteiger partial charge in [0.05, 0.1) is 15.9 Å². The minimum atomic E-state index is -0.520. The van der Waals surface area contributed by atoms with Crippen molar-refractivity contribution < 1.29 is 19.3 Å². The van der Waals surface area contributed by atoms with E-state index in [1.54, 1.807) is 79.0 Å². The molecule has 47 heavy (non-hydrogen) atoms. The van der Waals surface area contributed by atoms with Crippen molar-refractivity contribution in [3.05, 3.63) is 141 Å². The van der Waals surface area contributed by atoms with Gasteiger partial charge in [-0.15, -0.1) is 23.1 Å². The van der Waals surface area contributed by atoms with Crippen LogP contribution in [0.15, 0.2) is 119 Å². The average molecular weight is 664 g/mol. The largest absolute Gasteiger partial charge is 0.321 e. The number of non-ortho nitro benzene ring substituents is 1. The number of nitro groups is 1. The summed E-state index contributed by atoms with van der Waals surface area (Å²) in [5.74, 6) is -1.20. The van der Waals surface area contributed by atoms with Crippen LogP contribution in [0.3, 0.4) is 0 Å². The Bertz CT molecular complexity index is 1980. The minimum Gasteiger partial charge on any atom is -0.321 e. The molecule has 3 amide bonds. The second-order valence-corrected chi connectivity index (χ2v) is 12.6. The number of hydrogen-bond acceptors (Lipinski definition) is 8. The van der Waals surface area contributed by atoms with Crippen molar-refractivity contribution >= 4 is 63.4 Å². The molecule has 0 bridgehead atoms. The van der Waals surface area contributed by atoms with Crippen molar-refractivity contribution in [2.45, 2.75) is 24.0 Å². The molecule has 0 spiro atoms. The molecule has 0 saturated heterocycles. The number of anilines is 2. The Morgan fingerprint density at radius 3 is 2.45 bits per heavy atom. The number of amides is 3. The number of carbonyl (C=O) groups is 3. The number of thiazole rings is 1. The summed E-state index contributed by atoms with van der Waals surface area (Å²) < 4.78 is 0. The topological polar surface area (TPSA) is 143 Å². The first-order valence-electron chi connectivity index (χ1n) is 14.4. The number of thioether (sulfide) groups is 1. The van der Waals surface area contributed by atoms with Crippen LogP contribution in [0.2, 0.25) is 0 Å². The number of hydrogen-bond donors (Lipinski definition) is 3. The number of aryl methyl sites for hydroxylation is 1. The summed E-state index contributed by atoms with van der Waals surface area (Å²) in [5.41, 5.74) is 3.79. The van der Waals surface area contributed by atoms with Crippen LogP contribution in [0.1, 0.15) is 28.4 Å². The third kappa shape index (κ3) is 9.00. The van der Waals surface area contributed by atoms with Crippen LogP contribution >= 0.6 is 23.1 Å². The van der Waals surface area contributed by atoms with E-state index in [-0.39, 0.29) is 17.3 Å². The van der Waals surface area contributed by atoms with E-state index in [0.29, 0.717) is 27.6 Å². The highest BCUT2D eigenvalue weighted by Gasteiger charge is 2.19. The van der Waals surface area contributed by atoms with Crippen molar-refractivity contribution in [2.24, 2.45) is 0 Å². The molecular formula is C35H29N5O5S2. The van der Waals surface area contributed by atoms with Gasteiger partial charge < -0.3 is 16.0 Å². The van der Waals surface area contributed by atoms with E-state index in [2.05, 4.69) is 20.9 Å². The molecule has 12 heteroatoms. The molecule has 1 unspecified atom stereocenters. The van der Waals surface area contributed by atoms with Gasteiger partial charge in [-0.05, 0) is 55.8 Å². The van der Waals surface area contributed by atoms with Crippen molar-refractivity contribution in [2.75, 3.05) is 10.6 Å². The lowest BCUT2D eigenvalue weighted by atomic mass is 10.1.